The van der Waals surface area contributed by atoms with Crippen LogP contribution in [-0.2, 0) is 22.2 Å². The Morgan fingerprint density at radius 3 is 1.68 bits per heavy atom. The fraction of sp³-hybridized carbons (Fsp3) is 0.345. The van der Waals surface area contributed by atoms with Gasteiger partial charge in [0.25, 0.3) is 0 Å². The van der Waals surface area contributed by atoms with Gasteiger partial charge < -0.3 is 4.74 Å². The molecule has 0 N–H and O–H groups in total. The van der Waals surface area contributed by atoms with Gasteiger partial charge in [0.2, 0.25) is 0 Å². The summed E-state index contributed by atoms with van der Waals surface area (Å²) >= 11 is 0. The van der Waals surface area contributed by atoms with Gasteiger partial charge in [-0.2, -0.15) is 0 Å². The minimum atomic E-state index is 0.0459. The molecule has 0 unspecified atom stereocenters. The van der Waals surface area contributed by atoms with Crippen LogP contribution in [0, 0.1) is 0 Å². The Morgan fingerprint density at radius 1 is 0.710 bits per heavy atom. The van der Waals surface area contributed by atoms with E-state index in [1.54, 1.807) is 7.11 Å². The first-order valence-corrected chi connectivity index (χ1v) is 12.0. The van der Waals surface area contributed by atoms with Crippen molar-refractivity contribution in [3.63, 3.8) is 0 Å². The Balaban J connectivity index is 2.03. The van der Waals surface area contributed by atoms with Crippen LogP contribution in [0.15, 0.2) is 60.7 Å². The van der Waals surface area contributed by atoms with Gasteiger partial charge >= 0.3 is 0 Å². The summed E-state index contributed by atoms with van der Waals surface area (Å²) in [5, 5.41) is 2.79. The molecule has 0 saturated carbocycles. The van der Waals surface area contributed by atoms with Gasteiger partial charge in [-0.25, -0.2) is 0 Å². The van der Waals surface area contributed by atoms with Crippen LogP contribution in [0.3, 0.4) is 0 Å². The fourth-order valence-electron chi connectivity index (χ4n) is 4.32. The van der Waals surface area contributed by atoms with Gasteiger partial charge in [0.05, 0.1) is 6.61 Å². The van der Waals surface area contributed by atoms with E-state index < -0.39 is 0 Å². The third-order valence-corrected chi connectivity index (χ3v) is 7.50. The van der Waals surface area contributed by atoms with E-state index in [0.29, 0.717) is 6.61 Å². The van der Waals surface area contributed by atoms with E-state index in [2.05, 4.69) is 102 Å². The number of hydrogen-bond acceptors (Lipinski definition) is 1. The topological polar surface area (TPSA) is 9.23 Å². The molecule has 0 spiro atoms. The van der Waals surface area contributed by atoms with Crippen molar-refractivity contribution in [3.8, 4) is 11.1 Å². The van der Waals surface area contributed by atoms with Crippen molar-refractivity contribution < 1.29 is 4.74 Å². The maximum Gasteiger partial charge on any atom is 0.0722 e. The van der Waals surface area contributed by atoms with Crippen molar-refractivity contribution in [3.05, 3.63) is 88.5 Å². The summed E-state index contributed by atoms with van der Waals surface area (Å²) in [6, 6.07) is 22.5. The van der Waals surface area contributed by atoms with Crippen LogP contribution < -0.4 is 5.30 Å². The summed E-state index contributed by atoms with van der Waals surface area (Å²) in [4.78, 5) is 0. The highest BCUT2D eigenvalue weighted by Gasteiger charge is 2.27. The second-order valence-electron chi connectivity index (χ2n) is 10.5. The molecular formula is C29H33OP. The van der Waals surface area contributed by atoms with Crippen LogP contribution >= 0.6 is 8.20 Å². The molecule has 0 atom stereocenters. The minimum Gasteiger partial charge on any atom is -0.380 e. The highest BCUT2D eigenvalue weighted by atomic mass is 31.1. The summed E-state index contributed by atoms with van der Waals surface area (Å²) in [5.74, 6) is 0. The standard InChI is InChI=1S/C29H33OP/c1-28(2,3)20-16-19(18-30-7)26(25(17-20)29(4,5)6)31-27-23-14-10-8-12-21(23)22-13-9-11-15-24(22)27/h8-17H,18H2,1-7H3. The zero-order chi connectivity index (χ0) is 22.4. The number of hydrogen-bond donors (Lipinski definition) is 0. The molecule has 0 fully saturated rings. The third-order valence-electron chi connectivity index (χ3n) is 6.04. The summed E-state index contributed by atoms with van der Waals surface area (Å²) < 4.78 is 5.69. The van der Waals surface area contributed by atoms with Gasteiger partial charge in [-0.1, -0.05) is 110 Å². The number of ether oxygens (including phenoxy) is 1. The molecule has 31 heavy (non-hydrogen) atoms. The van der Waals surface area contributed by atoms with Crippen molar-refractivity contribution in [1.29, 1.82) is 0 Å². The molecule has 3 aromatic rings. The Morgan fingerprint density at radius 2 is 1.23 bits per heavy atom. The number of rotatable bonds is 3. The van der Waals surface area contributed by atoms with E-state index in [1.807, 2.05) is 0 Å². The molecule has 160 valence electrons. The Kier molecular flexibility index (Phi) is 5.71. The lowest BCUT2D eigenvalue weighted by atomic mass is 9.79. The van der Waals surface area contributed by atoms with Crippen molar-refractivity contribution in [2.75, 3.05) is 7.11 Å². The first-order chi connectivity index (χ1) is 14.6. The lowest BCUT2D eigenvalue weighted by Gasteiger charge is -2.29. The molecule has 3 aromatic carbocycles. The van der Waals surface area contributed by atoms with E-state index in [0.717, 1.165) is 0 Å². The molecule has 0 aromatic heterocycles. The zero-order valence-electron chi connectivity index (χ0n) is 19.8. The summed E-state index contributed by atoms with van der Waals surface area (Å²) in [7, 11) is 3.05. The van der Waals surface area contributed by atoms with E-state index in [1.165, 1.54) is 57.7 Å². The molecule has 0 radical (unpaired) electrons. The Bertz CT molecular complexity index is 1110. The largest absolute Gasteiger partial charge is 0.380 e. The normalized spacial score (nSPS) is 13.5. The molecule has 0 amide bonds. The average molecular weight is 429 g/mol. The molecule has 0 aliphatic heterocycles. The second kappa shape index (κ2) is 8.05. The van der Waals surface area contributed by atoms with Crippen LogP contribution in [0.1, 0.15) is 69.4 Å². The van der Waals surface area contributed by atoms with E-state index >= 15 is 0 Å². The zero-order valence-corrected chi connectivity index (χ0v) is 20.7. The fourth-order valence-corrected chi connectivity index (χ4v) is 5.97. The molecule has 1 aliphatic rings. The monoisotopic (exact) mass is 428 g/mol. The van der Waals surface area contributed by atoms with Gasteiger partial charge in [0, 0.05) is 17.7 Å². The van der Waals surface area contributed by atoms with Gasteiger partial charge in [-0.15, -0.1) is 0 Å². The van der Waals surface area contributed by atoms with Crippen LogP contribution in [0.2, 0.25) is 0 Å². The molecule has 1 nitrogen and oxygen atoms in total. The van der Waals surface area contributed by atoms with Crippen LogP contribution in [0.4, 0.5) is 0 Å². The predicted molar refractivity (Wildman–Crippen MR) is 136 cm³/mol. The first kappa shape index (κ1) is 22.0. The lowest BCUT2D eigenvalue weighted by Crippen LogP contribution is -2.26. The van der Waals surface area contributed by atoms with Gasteiger partial charge in [-0.05, 0) is 49.8 Å². The maximum absolute atomic E-state index is 5.69. The SMILES string of the molecule is COCc1cc(C(C)(C)C)cc(C(C)(C)C)c1P=C1c2ccccc2-c2ccccc21. The molecule has 4 rings (SSSR count). The Hall–Kier alpha value is -2.21. The van der Waals surface area contributed by atoms with Gasteiger partial charge in [0.1, 0.15) is 0 Å². The molecule has 0 saturated heterocycles. The highest BCUT2D eigenvalue weighted by molar-refractivity contribution is 7.50. The predicted octanol–water partition coefficient (Wildman–Crippen LogP) is 7.25. The van der Waals surface area contributed by atoms with Crippen LogP contribution in [-0.4, -0.2) is 12.4 Å². The molecule has 2 heteroatoms. The lowest BCUT2D eigenvalue weighted by molar-refractivity contribution is 0.185. The van der Waals surface area contributed by atoms with E-state index in [-0.39, 0.29) is 10.8 Å². The maximum atomic E-state index is 5.69. The van der Waals surface area contributed by atoms with E-state index in [9.17, 15) is 0 Å². The average Bonchev–Trinajstić information content (AvgIpc) is 3.02. The number of fused-ring (bicyclic) bond motifs is 3. The number of methoxy groups -OCH3 is 1. The number of benzene rings is 3. The van der Waals surface area contributed by atoms with Crippen molar-refractivity contribution >= 4 is 18.8 Å². The van der Waals surface area contributed by atoms with Crippen molar-refractivity contribution in [2.45, 2.75) is 59.0 Å². The minimum absolute atomic E-state index is 0.0459. The highest BCUT2D eigenvalue weighted by Crippen LogP contribution is 2.40. The van der Waals surface area contributed by atoms with Crippen molar-refractivity contribution in [2.24, 2.45) is 0 Å². The van der Waals surface area contributed by atoms with E-state index in [4.69, 9.17) is 4.74 Å². The molecular weight excluding hydrogens is 395 g/mol. The molecule has 0 bridgehead atoms. The molecule has 1 aliphatic carbocycles. The van der Waals surface area contributed by atoms with Crippen LogP contribution in [0.5, 0.6) is 0 Å². The van der Waals surface area contributed by atoms with Gasteiger partial charge in [0.15, 0.2) is 0 Å². The van der Waals surface area contributed by atoms with Crippen molar-refractivity contribution in [1.82, 2.24) is 0 Å². The smallest absolute Gasteiger partial charge is 0.0722 e. The van der Waals surface area contributed by atoms with Crippen LogP contribution in [0.25, 0.3) is 11.1 Å². The van der Waals surface area contributed by atoms with Gasteiger partial charge in [-0.3, -0.25) is 0 Å². The summed E-state index contributed by atoms with van der Waals surface area (Å²) in [6.07, 6.45) is 0. The summed E-state index contributed by atoms with van der Waals surface area (Å²) in [6.45, 7) is 14.5. The third kappa shape index (κ3) is 4.14. The second-order valence-corrected chi connectivity index (χ2v) is 11.6. The molecule has 0 heterocycles. The Labute approximate surface area is 189 Å². The quantitative estimate of drug-likeness (QED) is 0.312. The first-order valence-electron chi connectivity index (χ1n) is 11.1. The summed E-state index contributed by atoms with van der Waals surface area (Å²) in [5.41, 5.74) is 9.64.